The van der Waals surface area contributed by atoms with Gasteiger partial charge in [-0.15, -0.1) is 11.3 Å². The zero-order valence-electron chi connectivity index (χ0n) is 12.0. The Labute approximate surface area is 126 Å². The first-order chi connectivity index (χ1) is 9.93. The number of aromatic nitrogens is 1. The fourth-order valence-corrected chi connectivity index (χ4v) is 2.97. The lowest BCUT2D eigenvalue weighted by Gasteiger charge is -2.34. The summed E-state index contributed by atoms with van der Waals surface area (Å²) in [6.45, 7) is 4.41. The number of thiazole rings is 1. The minimum absolute atomic E-state index is 0.264. The molecule has 8 heteroatoms. The number of carbonyl (C=O) groups excluding carboxylic acids is 1. The molecule has 0 bridgehead atoms. The highest BCUT2D eigenvalue weighted by Crippen LogP contribution is 2.22. The molecule has 7 nitrogen and oxygen atoms in total. The normalized spacial score (nSPS) is 18.8. The van der Waals surface area contributed by atoms with Crippen LogP contribution in [-0.2, 0) is 9.53 Å². The smallest absolute Gasteiger partial charge is 0.329 e. The number of aliphatic carboxylic acids is 1. The standard InChI is InChI=1S/C13H19N3O4S/c1-8-7-14-10(21-8)9(2)15-12(19)16-13(11(17)18)3-5-20-6-4-13/h7,9H,3-6H2,1-2H3,(H,17,18)(H2,15,16,19). The molecular formula is C13H19N3O4S. The lowest BCUT2D eigenvalue weighted by Crippen LogP contribution is -2.59. The average Bonchev–Trinajstić information content (AvgIpc) is 2.86. The number of hydrogen-bond donors (Lipinski definition) is 3. The highest BCUT2D eigenvalue weighted by Gasteiger charge is 2.41. The maximum atomic E-state index is 12.1. The monoisotopic (exact) mass is 313 g/mol. The zero-order valence-corrected chi connectivity index (χ0v) is 12.8. The first-order valence-electron chi connectivity index (χ1n) is 6.75. The Morgan fingerprint density at radius 3 is 2.67 bits per heavy atom. The van der Waals surface area contributed by atoms with Gasteiger partial charge in [0, 0.05) is 37.1 Å². The number of aryl methyl sites for hydroxylation is 1. The van der Waals surface area contributed by atoms with Crippen molar-refractivity contribution in [3.8, 4) is 0 Å². The third kappa shape index (κ3) is 3.70. The number of hydrogen-bond acceptors (Lipinski definition) is 5. The Kier molecular flexibility index (Phi) is 4.79. The Hall–Kier alpha value is -1.67. The van der Waals surface area contributed by atoms with Crippen LogP contribution in [0.4, 0.5) is 4.79 Å². The fraction of sp³-hybridized carbons (Fsp3) is 0.615. The van der Waals surface area contributed by atoms with E-state index in [-0.39, 0.29) is 18.9 Å². The molecule has 1 unspecified atom stereocenters. The van der Waals surface area contributed by atoms with E-state index in [0.717, 1.165) is 9.88 Å². The molecule has 2 heterocycles. The molecule has 1 aliphatic heterocycles. The van der Waals surface area contributed by atoms with Crippen LogP contribution in [0.15, 0.2) is 6.20 Å². The van der Waals surface area contributed by atoms with Crippen molar-refractivity contribution >= 4 is 23.3 Å². The summed E-state index contributed by atoms with van der Waals surface area (Å²) in [7, 11) is 0. The molecule has 0 radical (unpaired) electrons. The Morgan fingerprint density at radius 1 is 1.48 bits per heavy atom. The van der Waals surface area contributed by atoms with E-state index >= 15 is 0 Å². The van der Waals surface area contributed by atoms with Crippen LogP contribution in [0.5, 0.6) is 0 Å². The number of ether oxygens (including phenoxy) is 1. The molecular weight excluding hydrogens is 294 g/mol. The topological polar surface area (TPSA) is 101 Å². The molecule has 0 aromatic carbocycles. The molecule has 21 heavy (non-hydrogen) atoms. The number of urea groups is 1. The maximum absolute atomic E-state index is 12.1. The molecule has 3 N–H and O–H groups in total. The van der Waals surface area contributed by atoms with Gasteiger partial charge in [0.2, 0.25) is 0 Å². The van der Waals surface area contributed by atoms with Gasteiger partial charge >= 0.3 is 12.0 Å². The number of amides is 2. The molecule has 1 atom stereocenters. The SMILES string of the molecule is Cc1cnc(C(C)NC(=O)NC2(C(=O)O)CCOCC2)s1. The lowest BCUT2D eigenvalue weighted by atomic mass is 9.90. The van der Waals surface area contributed by atoms with Gasteiger partial charge in [0.1, 0.15) is 10.5 Å². The summed E-state index contributed by atoms with van der Waals surface area (Å²) in [5, 5.41) is 15.5. The Balaban J connectivity index is 1.98. The molecule has 2 rings (SSSR count). The molecule has 1 saturated heterocycles. The van der Waals surface area contributed by atoms with E-state index in [1.54, 1.807) is 6.20 Å². The van der Waals surface area contributed by atoms with E-state index in [4.69, 9.17) is 4.74 Å². The van der Waals surface area contributed by atoms with Crippen LogP contribution < -0.4 is 10.6 Å². The minimum Gasteiger partial charge on any atom is -0.480 e. The molecule has 1 aromatic heterocycles. The van der Waals surface area contributed by atoms with Crippen LogP contribution in [0.1, 0.15) is 35.7 Å². The maximum Gasteiger partial charge on any atom is 0.329 e. The van der Waals surface area contributed by atoms with E-state index < -0.39 is 17.5 Å². The second-order valence-corrected chi connectivity index (χ2v) is 6.40. The van der Waals surface area contributed by atoms with Crippen molar-refractivity contribution in [1.82, 2.24) is 15.6 Å². The van der Waals surface area contributed by atoms with Gasteiger partial charge in [-0.05, 0) is 13.8 Å². The van der Waals surface area contributed by atoms with Crippen LogP contribution in [0.25, 0.3) is 0 Å². The van der Waals surface area contributed by atoms with Crippen molar-refractivity contribution in [2.24, 2.45) is 0 Å². The lowest BCUT2D eigenvalue weighted by molar-refractivity contribution is -0.148. The number of nitrogens with one attached hydrogen (secondary N) is 2. The second kappa shape index (κ2) is 6.40. The summed E-state index contributed by atoms with van der Waals surface area (Å²) >= 11 is 1.50. The number of carboxylic acid groups (broad SMARTS) is 1. The van der Waals surface area contributed by atoms with Crippen LogP contribution in [-0.4, -0.2) is 40.8 Å². The van der Waals surface area contributed by atoms with Crippen molar-refractivity contribution in [3.63, 3.8) is 0 Å². The molecule has 0 spiro atoms. The van der Waals surface area contributed by atoms with Crippen LogP contribution in [0, 0.1) is 6.92 Å². The van der Waals surface area contributed by atoms with Gasteiger partial charge < -0.3 is 20.5 Å². The summed E-state index contributed by atoms with van der Waals surface area (Å²) in [5.74, 6) is -1.03. The third-order valence-electron chi connectivity index (χ3n) is 3.47. The van der Waals surface area contributed by atoms with Crippen molar-refractivity contribution < 1.29 is 19.4 Å². The average molecular weight is 313 g/mol. The summed E-state index contributed by atoms with van der Waals surface area (Å²) in [6.07, 6.45) is 2.27. The van der Waals surface area contributed by atoms with Crippen LogP contribution in [0.2, 0.25) is 0 Å². The molecule has 0 saturated carbocycles. The predicted molar refractivity (Wildman–Crippen MR) is 77.4 cm³/mol. The molecule has 0 aliphatic carbocycles. The Morgan fingerprint density at radius 2 is 2.14 bits per heavy atom. The van der Waals surface area contributed by atoms with Crippen molar-refractivity contribution in [1.29, 1.82) is 0 Å². The van der Waals surface area contributed by atoms with E-state index in [0.29, 0.717) is 13.2 Å². The van der Waals surface area contributed by atoms with Gasteiger partial charge in [-0.25, -0.2) is 14.6 Å². The molecule has 116 valence electrons. The second-order valence-electron chi connectivity index (χ2n) is 5.13. The number of rotatable bonds is 4. The third-order valence-corrected chi connectivity index (χ3v) is 4.56. The van der Waals surface area contributed by atoms with Crippen molar-refractivity contribution in [2.45, 2.75) is 38.3 Å². The van der Waals surface area contributed by atoms with Gasteiger partial charge in [-0.3, -0.25) is 0 Å². The van der Waals surface area contributed by atoms with Crippen molar-refractivity contribution in [3.05, 3.63) is 16.1 Å². The molecule has 1 fully saturated rings. The minimum atomic E-state index is -1.25. The van der Waals surface area contributed by atoms with E-state index in [2.05, 4.69) is 15.6 Å². The van der Waals surface area contributed by atoms with Gasteiger partial charge in [-0.1, -0.05) is 0 Å². The van der Waals surface area contributed by atoms with Crippen LogP contribution in [0.3, 0.4) is 0 Å². The van der Waals surface area contributed by atoms with Crippen LogP contribution >= 0.6 is 11.3 Å². The number of carbonyl (C=O) groups is 2. The van der Waals surface area contributed by atoms with Crippen molar-refractivity contribution in [2.75, 3.05) is 13.2 Å². The quantitative estimate of drug-likeness (QED) is 0.781. The van der Waals surface area contributed by atoms with Gasteiger partial charge in [0.05, 0.1) is 6.04 Å². The predicted octanol–water partition coefficient (Wildman–Crippen LogP) is 1.45. The first-order valence-corrected chi connectivity index (χ1v) is 7.57. The highest BCUT2D eigenvalue weighted by molar-refractivity contribution is 7.11. The Bertz CT molecular complexity index is 525. The summed E-state index contributed by atoms with van der Waals surface area (Å²) in [5.41, 5.74) is -1.25. The van der Waals surface area contributed by atoms with E-state index in [1.165, 1.54) is 11.3 Å². The zero-order chi connectivity index (χ0) is 15.5. The first kappa shape index (κ1) is 15.7. The fourth-order valence-electron chi connectivity index (χ4n) is 2.20. The highest BCUT2D eigenvalue weighted by atomic mass is 32.1. The number of carboxylic acids is 1. The van der Waals surface area contributed by atoms with Gasteiger partial charge in [0.15, 0.2) is 0 Å². The molecule has 2 amide bonds. The largest absolute Gasteiger partial charge is 0.480 e. The van der Waals surface area contributed by atoms with E-state index in [1.807, 2.05) is 13.8 Å². The summed E-state index contributed by atoms with van der Waals surface area (Å²) in [4.78, 5) is 28.8. The van der Waals surface area contributed by atoms with E-state index in [9.17, 15) is 14.7 Å². The van der Waals surface area contributed by atoms with Gasteiger partial charge in [0.25, 0.3) is 0 Å². The molecule has 1 aromatic rings. The molecule has 1 aliphatic rings. The number of nitrogens with zero attached hydrogens (tertiary/aromatic N) is 1. The summed E-state index contributed by atoms with van der Waals surface area (Å²) in [6, 6.07) is -0.769. The summed E-state index contributed by atoms with van der Waals surface area (Å²) < 4.78 is 5.17. The van der Waals surface area contributed by atoms with Gasteiger partial charge in [-0.2, -0.15) is 0 Å².